The van der Waals surface area contributed by atoms with Crippen LogP contribution in [0.1, 0.15) is 31.8 Å². The Kier molecular flexibility index (Phi) is 5.50. The molecule has 32 heavy (non-hydrogen) atoms. The van der Waals surface area contributed by atoms with Crippen LogP contribution in [0.3, 0.4) is 0 Å². The van der Waals surface area contributed by atoms with Gasteiger partial charge in [-0.05, 0) is 55.0 Å². The summed E-state index contributed by atoms with van der Waals surface area (Å²) in [5.74, 6) is -0.895. The van der Waals surface area contributed by atoms with Crippen LogP contribution in [-0.4, -0.2) is 38.6 Å². The number of methoxy groups -OCH3 is 1. The first kappa shape index (κ1) is 21.3. The summed E-state index contributed by atoms with van der Waals surface area (Å²) in [5, 5.41) is 4.78. The zero-order chi connectivity index (χ0) is 22.9. The molecule has 9 heteroatoms. The van der Waals surface area contributed by atoms with E-state index in [9.17, 15) is 18.0 Å². The van der Waals surface area contributed by atoms with Gasteiger partial charge in [0.2, 0.25) is 0 Å². The molecule has 1 heterocycles. The molecule has 1 aliphatic rings. The van der Waals surface area contributed by atoms with Crippen LogP contribution in [0.5, 0.6) is 11.5 Å². The van der Waals surface area contributed by atoms with E-state index in [0.29, 0.717) is 5.56 Å². The van der Waals surface area contributed by atoms with Crippen LogP contribution in [0.4, 0.5) is 0 Å². The number of imide groups is 1. The van der Waals surface area contributed by atoms with E-state index in [-0.39, 0.29) is 27.5 Å². The summed E-state index contributed by atoms with van der Waals surface area (Å²) in [4.78, 5) is 24.8. The molecule has 0 radical (unpaired) electrons. The molecule has 4 rings (SSSR count). The van der Waals surface area contributed by atoms with Crippen LogP contribution in [-0.2, 0) is 10.1 Å². The predicted octanol–water partition coefficient (Wildman–Crippen LogP) is 3.40. The molecule has 0 spiro atoms. The van der Waals surface area contributed by atoms with Gasteiger partial charge >= 0.3 is 10.1 Å². The second kappa shape index (κ2) is 8.27. The van der Waals surface area contributed by atoms with Gasteiger partial charge in [0.25, 0.3) is 11.8 Å². The molecule has 0 N–H and O–H groups in total. The van der Waals surface area contributed by atoms with Crippen molar-refractivity contribution in [3.8, 4) is 11.5 Å². The van der Waals surface area contributed by atoms with E-state index >= 15 is 0 Å². The lowest BCUT2D eigenvalue weighted by Gasteiger charge is -2.12. The van der Waals surface area contributed by atoms with Gasteiger partial charge in [-0.2, -0.15) is 18.5 Å². The first-order valence-electron chi connectivity index (χ1n) is 9.51. The number of ether oxygens (including phenoxy) is 1. The van der Waals surface area contributed by atoms with E-state index in [1.165, 1.54) is 43.7 Å². The van der Waals surface area contributed by atoms with Crippen LogP contribution in [0.15, 0.2) is 76.7 Å². The summed E-state index contributed by atoms with van der Waals surface area (Å²) in [6.45, 7) is 1.85. The molecular weight excluding hydrogens is 432 g/mol. The Morgan fingerprint density at radius 1 is 0.875 bits per heavy atom. The fourth-order valence-corrected chi connectivity index (χ4v) is 4.05. The largest absolute Gasteiger partial charge is 0.493 e. The SMILES string of the molecule is COc1cc(C=NN2C(=O)c3ccccc3C2=O)ccc1OS(=O)(=O)c1ccc(C)cc1. The molecule has 8 nitrogen and oxygen atoms in total. The zero-order valence-electron chi connectivity index (χ0n) is 17.2. The Balaban J connectivity index is 1.56. The Labute approximate surface area is 184 Å². The van der Waals surface area contributed by atoms with Crippen molar-refractivity contribution < 1.29 is 26.9 Å². The van der Waals surface area contributed by atoms with Crippen molar-refractivity contribution in [2.24, 2.45) is 5.10 Å². The van der Waals surface area contributed by atoms with Gasteiger partial charge in [-0.1, -0.05) is 29.8 Å². The second-order valence-electron chi connectivity index (χ2n) is 6.97. The highest BCUT2D eigenvalue weighted by Crippen LogP contribution is 2.31. The van der Waals surface area contributed by atoms with E-state index in [1.807, 2.05) is 6.92 Å². The van der Waals surface area contributed by atoms with Gasteiger partial charge in [0.05, 0.1) is 24.5 Å². The lowest BCUT2D eigenvalue weighted by atomic mass is 10.1. The number of rotatable bonds is 6. The maximum Gasteiger partial charge on any atom is 0.339 e. The fraction of sp³-hybridized carbons (Fsp3) is 0.0870. The lowest BCUT2D eigenvalue weighted by molar-refractivity contribution is 0.0660. The normalized spacial score (nSPS) is 13.5. The van der Waals surface area contributed by atoms with Crippen molar-refractivity contribution in [2.45, 2.75) is 11.8 Å². The molecule has 0 saturated heterocycles. The minimum Gasteiger partial charge on any atom is -0.493 e. The van der Waals surface area contributed by atoms with Crippen LogP contribution in [0.2, 0.25) is 0 Å². The molecule has 0 fully saturated rings. The third kappa shape index (κ3) is 3.97. The quantitative estimate of drug-likeness (QED) is 0.324. The number of hydrogen-bond donors (Lipinski definition) is 0. The first-order valence-corrected chi connectivity index (χ1v) is 10.9. The van der Waals surface area contributed by atoms with Gasteiger partial charge in [-0.25, -0.2) is 0 Å². The molecular formula is C23H18N2O6S. The van der Waals surface area contributed by atoms with E-state index < -0.39 is 21.9 Å². The van der Waals surface area contributed by atoms with Crippen molar-refractivity contribution in [1.29, 1.82) is 0 Å². The fourth-order valence-electron chi connectivity index (χ4n) is 3.11. The Morgan fingerprint density at radius 2 is 1.50 bits per heavy atom. The van der Waals surface area contributed by atoms with E-state index in [0.717, 1.165) is 10.6 Å². The lowest BCUT2D eigenvalue weighted by Crippen LogP contribution is -2.24. The van der Waals surface area contributed by atoms with Crippen molar-refractivity contribution in [3.63, 3.8) is 0 Å². The van der Waals surface area contributed by atoms with Crippen molar-refractivity contribution >= 4 is 28.1 Å². The molecule has 1 aliphatic heterocycles. The number of aryl methyl sites for hydroxylation is 1. The highest BCUT2D eigenvalue weighted by molar-refractivity contribution is 7.87. The van der Waals surface area contributed by atoms with Gasteiger partial charge in [-0.3, -0.25) is 9.59 Å². The number of amides is 2. The molecule has 3 aromatic rings. The van der Waals surface area contributed by atoms with Gasteiger partial charge in [0, 0.05) is 0 Å². The number of nitrogens with zero attached hydrogens (tertiary/aromatic N) is 2. The van der Waals surface area contributed by atoms with Gasteiger partial charge in [0.1, 0.15) is 4.90 Å². The van der Waals surface area contributed by atoms with E-state index in [4.69, 9.17) is 8.92 Å². The summed E-state index contributed by atoms with van der Waals surface area (Å²) in [6, 6.07) is 17.2. The van der Waals surface area contributed by atoms with Gasteiger partial charge < -0.3 is 8.92 Å². The van der Waals surface area contributed by atoms with Crippen molar-refractivity contribution in [3.05, 3.63) is 89.0 Å². The van der Waals surface area contributed by atoms with E-state index in [2.05, 4.69) is 5.10 Å². The number of carbonyl (C=O) groups excluding carboxylic acids is 2. The molecule has 3 aromatic carbocycles. The number of fused-ring (bicyclic) bond motifs is 1. The van der Waals surface area contributed by atoms with Crippen LogP contribution in [0, 0.1) is 6.92 Å². The van der Waals surface area contributed by atoms with Gasteiger partial charge in [-0.15, -0.1) is 0 Å². The molecule has 0 saturated carbocycles. The van der Waals surface area contributed by atoms with Crippen LogP contribution < -0.4 is 8.92 Å². The summed E-state index contributed by atoms with van der Waals surface area (Å²) >= 11 is 0. The maximum absolute atomic E-state index is 12.6. The minimum absolute atomic E-state index is 0.00837. The molecule has 0 aliphatic carbocycles. The standard InChI is InChI=1S/C23H18N2O6S/c1-15-7-10-17(11-8-15)32(28,29)31-20-12-9-16(13-21(20)30-2)14-24-25-22(26)18-5-3-4-6-19(18)23(25)27/h3-14H,1-2H3. The first-order chi connectivity index (χ1) is 15.3. The Hall–Kier alpha value is -3.98. The summed E-state index contributed by atoms with van der Waals surface area (Å²) < 4.78 is 35.6. The summed E-state index contributed by atoms with van der Waals surface area (Å²) in [7, 11) is -2.69. The third-order valence-electron chi connectivity index (χ3n) is 4.79. The number of hydrogen-bond acceptors (Lipinski definition) is 7. The summed E-state index contributed by atoms with van der Waals surface area (Å²) in [5.41, 5.74) is 1.97. The number of carbonyl (C=O) groups is 2. The highest BCUT2D eigenvalue weighted by Gasteiger charge is 2.35. The van der Waals surface area contributed by atoms with Gasteiger partial charge in [0.15, 0.2) is 11.5 Å². The third-order valence-corrected chi connectivity index (χ3v) is 6.04. The number of hydrazone groups is 1. The van der Waals surface area contributed by atoms with Crippen LogP contribution in [0.25, 0.3) is 0 Å². The predicted molar refractivity (Wildman–Crippen MR) is 117 cm³/mol. The Bertz CT molecular complexity index is 1310. The molecule has 0 aromatic heterocycles. The zero-order valence-corrected chi connectivity index (χ0v) is 18.0. The monoisotopic (exact) mass is 450 g/mol. The maximum atomic E-state index is 12.6. The van der Waals surface area contributed by atoms with E-state index in [1.54, 1.807) is 36.4 Å². The molecule has 162 valence electrons. The smallest absolute Gasteiger partial charge is 0.339 e. The average Bonchev–Trinajstić information content (AvgIpc) is 3.03. The second-order valence-corrected chi connectivity index (χ2v) is 8.52. The highest BCUT2D eigenvalue weighted by atomic mass is 32.2. The van der Waals surface area contributed by atoms with Crippen molar-refractivity contribution in [2.75, 3.05) is 7.11 Å². The average molecular weight is 450 g/mol. The Morgan fingerprint density at radius 3 is 2.09 bits per heavy atom. The molecule has 0 atom stereocenters. The minimum atomic E-state index is -4.06. The van der Waals surface area contributed by atoms with Crippen molar-refractivity contribution in [1.82, 2.24) is 5.01 Å². The summed E-state index contributed by atoms with van der Waals surface area (Å²) in [6.07, 6.45) is 1.31. The molecule has 0 bridgehead atoms. The topological polar surface area (TPSA) is 102 Å². The number of benzene rings is 3. The molecule has 0 unspecified atom stereocenters. The van der Waals surface area contributed by atoms with Crippen LogP contribution >= 0.6 is 0 Å². The molecule has 2 amide bonds.